The molecule has 0 unspecified atom stereocenters. The van der Waals surface area contributed by atoms with Gasteiger partial charge in [0, 0.05) is 11.3 Å². The van der Waals surface area contributed by atoms with E-state index in [-0.39, 0.29) is 5.88 Å². The Morgan fingerprint density at radius 2 is 1.88 bits per heavy atom. The first kappa shape index (κ1) is 11.2. The van der Waals surface area contributed by atoms with Crippen molar-refractivity contribution in [2.75, 3.05) is 0 Å². The Hall–Kier alpha value is -1.29. The van der Waals surface area contributed by atoms with Gasteiger partial charge < -0.3 is 0 Å². The Bertz CT molecular complexity index is 522. The number of aromatic nitrogens is 1. The summed E-state index contributed by atoms with van der Waals surface area (Å²) in [5, 5.41) is 0.658. The van der Waals surface area contributed by atoms with Gasteiger partial charge in [0.2, 0.25) is 0 Å². The molecule has 1 heterocycles. The number of rotatable bonds is 1. The van der Waals surface area contributed by atoms with Gasteiger partial charge in [0.25, 0.3) is 0 Å². The lowest BCUT2D eigenvalue weighted by molar-refractivity contribution is -0.141. The standard InChI is InChI=1S/C11H7ClF3N/c12-6-7-5-10(11(13,14)15)16-9-4-2-1-3-8(7)9/h1-5H,6H2. The van der Waals surface area contributed by atoms with E-state index in [4.69, 9.17) is 11.6 Å². The van der Waals surface area contributed by atoms with Gasteiger partial charge in [0.15, 0.2) is 0 Å². The molecular weight excluding hydrogens is 239 g/mol. The smallest absolute Gasteiger partial charge is 0.243 e. The molecule has 2 aromatic rings. The Morgan fingerprint density at radius 1 is 1.19 bits per heavy atom. The second-order valence-corrected chi connectivity index (χ2v) is 3.58. The van der Waals surface area contributed by atoms with Crippen LogP contribution in [0.2, 0.25) is 0 Å². The van der Waals surface area contributed by atoms with Crippen LogP contribution in [0.3, 0.4) is 0 Å². The summed E-state index contributed by atoms with van der Waals surface area (Å²) in [5.41, 5.74) is -0.144. The largest absolute Gasteiger partial charge is 0.433 e. The van der Waals surface area contributed by atoms with E-state index >= 15 is 0 Å². The topological polar surface area (TPSA) is 12.9 Å². The fraction of sp³-hybridized carbons (Fsp3) is 0.182. The molecule has 0 aliphatic carbocycles. The van der Waals surface area contributed by atoms with Crippen LogP contribution < -0.4 is 0 Å². The van der Waals surface area contributed by atoms with E-state index < -0.39 is 11.9 Å². The number of halogens is 4. The van der Waals surface area contributed by atoms with Gasteiger partial charge in [-0.15, -0.1) is 11.6 Å². The number of benzene rings is 1. The van der Waals surface area contributed by atoms with Gasteiger partial charge in [-0.3, -0.25) is 0 Å². The minimum atomic E-state index is -4.44. The van der Waals surface area contributed by atoms with E-state index in [9.17, 15) is 13.2 Å². The highest BCUT2D eigenvalue weighted by Crippen LogP contribution is 2.31. The summed E-state index contributed by atoms with van der Waals surface area (Å²) >= 11 is 5.63. The van der Waals surface area contributed by atoms with Crippen molar-refractivity contribution in [1.29, 1.82) is 0 Å². The molecule has 0 radical (unpaired) electrons. The molecule has 0 aliphatic heterocycles. The lowest BCUT2D eigenvalue weighted by atomic mass is 10.1. The first-order valence-corrected chi connectivity index (χ1v) is 5.07. The number of pyridine rings is 1. The van der Waals surface area contributed by atoms with E-state index in [0.717, 1.165) is 6.07 Å². The van der Waals surface area contributed by atoms with Gasteiger partial charge >= 0.3 is 6.18 Å². The average Bonchev–Trinajstić information content (AvgIpc) is 2.26. The molecule has 0 N–H and O–H groups in total. The van der Waals surface area contributed by atoms with Crippen LogP contribution in [0, 0.1) is 0 Å². The van der Waals surface area contributed by atoms with Crippen molar-refractivity contribution in [3.63, 3.8) is 0 Å². The normalized spacial score (nSPS) is 12.0. The van der Waals surface area contributed by atoms with E-state index in [0.29, 0.717) is 16.5 Å². The molecule has 0 amide bonds. The van der Waals surface area contributed by atoms with Crippen molar-refractivity contribution in [1.82, 2.24) is 4.98 Å². The van der Waals surface area contributed by atoms with Crippen LogP contribution in [0.25, 0.3) is 10.9 Å². The lowest BCUT2D eigenvalue weighted by Crippen LogP contribution is -2.08. The van der Waals surface area contributed by atoms with Gasteiger partial charge in [-0.2, -0.15) is 13.2 Å². The van der Waals surface area contributed by atoms with Crippen LogP contribution in [0.5, 0.6) is 0 Å². The van der Waals surface area contributed by atoms with Crippen molar-refractivity contribution < 1.29 is 13.2 Å². The maximum atomic E-state index is 12.5. The van der Waals surface area contributed by atoms with Crippen LogP contribution in [-0.4, -0.2) is 4.98 Å². The van der Waals surface area contributed by atoms with Crippen molar-refractivity contribution in [2.45, 2.75) is 12.1 Å². The van der Waals surface area contributed by atoms with Gasteiger partial charge in [-0.05, 0) is 17.7 Å². The SMILES string of the molecule is FC(F)(F)c1cc(CCl)c2ccccc2n1. The summed E-state index contributed by atoms with van der Waals surface area (Å²) in [7, 11) is 0. The molecule has 0 aliphatic rings. The monoisotopic (exact) mass is 245 g/mol. The molecule has 1 nitrogen and oxygen atoms in total. The molecule has 2 rings (SSSR count). The minimum absolute atomic E-state index is 0.0338. The summed E-state index contributed by atoms with van der Waals surface area (Å²) in [5.74, 6) is 0.0338. The van der Waals surface area contributed by atoms with Crippen molar-refractivity contribution in [3.05, 3.63) is 41.6 Å². The first-order chi connectivity index (χ1) is 7.52. The second-order valence-electron chi connectivity index (χ2n) is 3.32. The fourth-order valence-electron chi connectivity index (χ4n) is 1.50. The van der Waals surface area contributed by atoms with Gasteiger partial charge in [0.05, 0.1) is 5.52 Å². The Kier molecular flexibility index (Phi) is 2.76. The molecule has 0 saturated heterocycles. The first-order valence-electron chi connectivity index (χ1n) is 4.54. The molecule has 0 bridgehead atoms. The van der Waals surface area contributed by atoms with Gasteiger partial charge in [-0.1, -0.05) is 18.2 Å². The molecule has 0 fully saturated rings. The highest BCUT2D eigenvalue weighted by molar-refractivity contribution is 6.18. The maximum absolute atomic E-state index is 12.5. The third-order valence-electron chi connectivity index (χ3n) is 2.24. The summed E-state index contributed by atoms with van der Waals surface area (Å²) in [6, 6.07) is 7.64. The van der Waals surface area contributed by atoms with Crippen LogP contribution in [-0.2, 0) is 12.1 Å². The molecule has 1 aromatic carbocycles. The summed E-state index contributed by atoms with van der Waals surface area (Å²) in [4.78, 5) is 3.57. The Labute approximate surface area is 94.9 Å². The maximum Gasteiger partial charge on any atom is 0.433 e. The summed E-state index contributed by atoms with van der Waals surface area (Å²) in [6.45, 7) is 0. The van der Waals surface area contributed by atoms with Crippen LogP contribution in [0.4, 0.5) is 13.2 Å². The van der Waals surface area contributed by atoms with Gasteiger partial charge in [-0.25, -0.2) is 4.98 Å². The van der Waals surface area contributed by atoms with Crippen molar-refractivity contribution in [3.8, 4) is 0 Å². The van der Waals surface area contributed by atoms with Crippen LogP contribution in [0.15, 0.2) is 30.3 Å². The predicted molar refractivity (Wildman–Crippen MR) is 56.3 cm³/mol. The zero-order valence-electron chi connectivity index (χ0n) is 8.05. The Balaban J connectivity index is 2.73. The molecule has 0 atom stereocenters. The highest BCUT2D eigenvalue weighted by Gasteiger charge is 2.33. The molecule has 0 saturated carbocycles. The molecule has 84 valence electrons. The zero-order valence-corrected chi connectivity index (χ0v) is 8.81. The average molecular weight is 246 g/mol. The number of fused-ring (bicyclic) bond motifs is 1. The second kappa shape index (κ2) is 3.94. The fourth-order valence-corrected chi connectivity index (χ4v) is 1.72. The van der Waals surface area contributed by atoms with E-state index in [1.54, 1.807) is 24.3 Å². The zero-order chi connectivity index (χ0) is 11.8. The molecule has 0 spiro atoms. The Morgan fingerprint density at radius 3 is 2.50 bits per heavy atom. The van der Waals surface area contributed by atoms with E-state index in [1.165, 1.54) is 0 Å². The molecule has 16 heavy (non-hydrogen) atoms. The number of hydrogen-bond acceptors (Lipinski definition) is 1. The quantitative estimate of drug-likeness (QED) is 0.692. The number of hydrogen-bond donors (Lipinski definition) is 0. The minimum Gasteiger partial charge on any atom is -0.243 e. The molecule has 5 heteroatoms. The third kappa shape index (κ3) is 1.97. The third-order valence-corrected chi connectivity index (χ3v) is 2.52. The van der Waals surface area contributed by atoms with Crippen molar-refractivity contribution >= 4 is 22.5 Å². The number of para-hydroxylation sites is 1. The van der Waals surface area contributed by atoms with Crippen molar-refractivity contribution in [2.24, 2.45) is 0 Å². The van der Waals surface area contributed by atoms with Gasteiger partial charge in [0.1, 0.15) is 5.69 Å². The lowest BCUT2D eigenvalue weighted by Gasteiger charge is -2.09. The summed E-state index contributed by atoms with van der Waals surface area (Å²) in [6.07, 6.45) is -4.44. The number of nitrogens with zero attached hydrogens (tertiary/aromatic N) is 1. The highest BCUT2D eigenvalue weighted by atomic mass is 35.5. The van der Waals surface area contributed by atoms with E-state index in [2.05, 4.69) is 4.98 Å². The molecule has 1 aromatic heterocycles. The van der Waals surface area contributed by atoms with Crippen LogP contribution in [0.1, 0.15) is 11.3 Å². The summed E-state index contributed by atoms with van der Waals surface area (Å²) < 4.78 is 37.6. The van der Waals surface area contributed by atoms with Crippen LogP contribution >= 0.6 is 11.6 Å². The van der Waals surface area contributed by atoms with E-state index in [1.807, 2.05) is 0 Å². The predicted octanol–water partition coefficient (Wildman–Crippen LogP) is 3.99. The number of alkyl halides is 4. The molecular formula is C11H7ClF3N.